The van der Waals surface area contributed by atoms with Crippen LogP contribution in [0.2, 0.25) is 0 Å². The fraction of sp³-hybridized carbons (Fsp3) is 0.300. The molecule has 2 N–H and O–H groups in total. The van der Waals surface area contributed by atoms with E-state index in [2.05, 4.69) is 0 Å². The second kappa shape index (κ2) is 5.73. The number of nitrogens with two attached hydrogens (primary N) is 1. The van der Waals surface area contributed by atoms with Gasteiger partial charge in [-0.2, -0.15) is 18.4 Å². The molecule has 0 aliphatic carbocycles. The second-order valence-electron chi connectivity index (χ2n) is 3.16. The Morgan fingerprint density at radius 2 is 1.75 bits per heavy atom. The van der Waals surface area contributed by atoms with Crippen LogP contribution in [0.3, 0.4) is 0 Å². The summed E-state index contributed by atoms with van der Waals surface area (Å²) in [6.07, 6.45) is -4.65. The van der Waals surface area contributed by atoms with Gasteiger partial charge in [0.1, 0.15) is 6.04 Å². The van der Waals surface area contributed by atoms with E-state index in [1.807, 2.05) is 6.07 Å². The van der Waals surface area contributed by atoms with Crippen molar-refractivity contribution >= 4 is 12.4 Å². The van der Waals surface area contributed by atoms with Gasteiger partial charge in [0.05, 0.1) is 11.6 Å². The van der Waals surface area contributed by atoms with Gasteiger partial charge >= 0.3 is 6.18 Å². The lowest BCUT2D eigenvalue weighted by atomic mass is 10.0. The van der Waals surface area contributed by atoms with Gasteiger partial charge in [-0.05, 0) is 24.1 Å². The first kappa shape index (κ1) is 14.8. The van der Waals surface area contributed by atoms with E-state index in [1.165, 1.54) is 24.3 Å². The molecule has 0 aromatic heterocycles. The van der Waals surface area contributed by atoms with E-state index in [4.69, 9.17) is 11.0 Å². The number of rotatable bonds is 2. The highest BCUT2D eigenvalue weighted by atomic mass is 35.5. The van der Waals surface area contributed by atoms with Crippen LogP contribution in [0, 0.1) is 11.3 Å². The Labute approximate surface area is 97.3 Å². The summed E-state index contributed by atoms with van der Waals surface area (Å²) in [6, 6.07) is 5.92. The molecular formula is C10H10ClF3N2. The topological polar surface area (TPSA) is 49.8 Å². The summed E-state index contributed by atoms with van der Waals surface area (Å²) in [5.74, 6) is 0. The highest BCUT2D eigenvalue weighted by Crippen LogP contribution is 2.21. The van der Waals surface area contributed by atoms with Gasteiger partial charge in [0.25, 0.3) is 0 Å². The summed E-state index contributed by atoms with van der Waals surface area (Å²) in [5.41, 5.74) is 5.85. The van der Waals surface area contributed by atoms with Gasteiger partial charge in [-0.25, -0.2) is 0 Å². The smallest absolute Gasteiger partial charge is 0.320 e. The Bertz CT molecular complexity index is 367. The van der Waals surface area contributed by atoms with Gasteiger partial charge in [0.15, 0.2) is 0 Å². The summed E-state index contributed by atoms with van der Waals surface area (Å²) < 4.78 is 36.3. The maximum atomic E-state index is 12.1. The van der Waals surface area contributed by atoms with Crippen molar-refractivity contribution < 1.29 is 13.2 Å². The van der Waals surface area contributed by atoms with Gasteiger partial charge in [-0.15, -0.1) is 12.4 Å². The summed E-state index contributed by atoms with van der Waals surface area (Å²) in [7, 11) is 0. The molecule has 0 fully saturated rings. The maximum absolute atomic E-state index is 12.1. The van der Waals surface area contributed by atoms with Crippen molar-refractivity contribution in [3.05, 3.63) is 35.4 Å². The molecule has 1 rings (SSSR count). The molecule has 0 aliphatic rings. The van der Waals surface area contributed by atoms with Crippen LogP contribution >= 0.6 is 12.4 Å². The predicted octanol–water partition coefficient (Wildman–Crippen LogP) is 2.41. The number of hydrogen-bond donors (Lipinski definition) is 1. The zero-order chi connectivity index (χ0) is 11.5. The number of hydrogen-bond acceptors (Lipinski definition) is 2. The Morgan fingerprint density at radius 3 is 2.12 bits per heavy atom. The molecule has 88 valence electrons. The van der Waals surface area contributed by atoms with Crippen LogP contribution in [0.25, 0.3) is 0 Å². The van der Waals surface area contributed by atoms with Gasteiger partial charge in [-0.3, -0.25) is 0 Å². The third kappa shape index (κ3) is 4.09. The molecule has 1 atom stereocenters. The summed E-state index contributed by atoms with van der Waals surface area (Å²) >= 11 is 0. The van der Waals surface area contributed by atoms with Gasteiger partial charge in [0, 0.05) is 0 Å². The van der Waals surface area contributed by atoms with E-state index in [1.54, 1.807) is 0 Å². The Balaban J connectivity index is 0.00000225. The SMILES string of the molecule is Cl.N#Cc1ccc(CC(N)C(F)(F)F)cc1. The minimum absolute atomic E-state index is 0. The third-order valence-electron chi connectivity index (χ3n) is 1.96. The van der Waals surface area contributed by atoms with Crippen molar-refractivity contribution in [1.82, 2.24) is 0 Å². The molecule has 1 aromatic carbocycles. The van der Waals surface area contributed by atoms with Crippen molar-refractivity contribution in [2.75, 3.05) is 0 Å². The highest BCUT2D eigenvalue weighted by Gasteiger charge is 2.36. The second-order valence-corrected chi connectivity index (χ2v) is 3.16. The lowest BCUT2D eigenvalue weighted by Crippen LogP contribution is -2.39. The van der Waals surface area contributed by atoms with E-state index in [-0.39, 0.29) is 18.8 Å². The lowest BCUT2D eigenvalue weighted by molar-refractivity contribution is -0.147. The monoisotopic (exact) mass is 250 g/mol. The predicted molar refractivity (Wildman–Crippen MR) is 56.1 cm³/mol. The molecule has 16 heavy (non-hydrogen) atoms. The zero-order valence-corrected chi connectivity index (χ0v) is 8.98. The Morgan fingerprint density at radius 1 is 1.25 bits per heavy atom. The number of nitrogens with zero attached hydrogens (tertiary/aromatic N) is 1. The molecular weight excluding hydrogens is 241 g/mol. The van der Waals surface area contributed by atoms with Crippen LogP contribution in [0.15, 0.2) is 24.3 Å². The van der Waals surface area contributed by atoms with Crippen LogP contribution in [0.1, 0.15) is 11.1 Å². The van der Waals surface area contributed by atoms with E-state index in [9.17, 15) is 13.2 Å². The minimum atomic E-state index is -4.38. The van der Waals surface area contributed by atoms with Crippen molar-refractivity contribution in [2.24, 2.45) is 5.73 Å². The summed E-state index contributed by atoms with van der Waals surface area (Å²) in [5, 5.41) is 8.48. The van der Waals surface area contributed by atoms with Gasteiger partial charge in [-0.1, -0.05) is 12.1 Å². The molecule has 1 aromatic rings. The van der Waals surface area contributed by atoms with Crippen LogP contribution in [-0.2, 0) is 6.42 Å². The lowest BCUT2D eigenvalue weighted by Gasteiger charge is -2.15. The van der Waals surface area contributed by atoms with E-state index in [0.29, 0.717) is 11.1 Å². The molecule has 2 nitrogen and oxygen atoms in total. The first-order chi connectivity index (χ1) is 6.93. The molecule has 1 unspecified atom stereocenters. The number of halogens is 4. The first-order valence-electron chi connectivity index (χ1n) is 4.25. The third-order valence-corrected chi connectivity index (χ3v) is 1.96. The van der Waals surface area contributed by atoms with Gasteiger partial charge in [0.2, 0.25) is 0 Å². The molecule has 0 bridgehead atoms. The zero-order valence-electron chi connectivity index (χ0n) is 8.16. The maximum Gasteiger partial charge on any atom is 0.403 e. The standard InChI is InChI=1S/C10H9F3N2.ClH/c11-10(12,13)9(15)5-7-1-3-8(6-14)4-2-7;/h1-4,9H,5,15H2;1H. The molecule has 6 heteroatoms. The highest BCUT2D eigenvalue weighted by molar-refractivity contribution is 5.85. The van der Waals surface area contributed by atoms with Crippen molar-refractivity contribution in [1.29, 1.82) is 5.26 Å². The first-order valence-corrected chi connectivity index (χ1v) is 4.25. The van der Waals surface area contributed by atoms with Crippen molar-refractivity contribution in [2.45, 2.75) is 18.6 Å². The number of nitriles is 1. The number of alkyl halides is 3. The van der Waals surface area contributed by atoms with E-state index >= 15 is 0 Å². The average Bonchev–Trinajstić information content (AvgIpc) is 2.17. The van der Waals surface area contributed by atoms with Gasteiger partial charge < -0.3 is 5.73 Å². The van der Waals surface area contributed by atoms with Crippen LogP contribution in [-0.4, -0.2) is 12.2 Å². The molecule has 0 aliphatic heterocycles. The normalized spacial score (nSPS) is 12.4. The summed E-state index contributed by atoms with van der Waals surface area (Å²) in [6.45, 7) is 0. The molecule has 0 saturated heterocycles. The summed E-state index contributed by atoms with van der Waals surface area (Å²) in [4.78, 5) is 0. The van der Waals surface area contributed by atoms with E-state index in [0.717, 1.165) is 0 Å². The average molecular weight is 251 g/mol. The van der Waals surface area contributed by atoms with Crippen LogP contribution in [0.5, 0.6) is 0 Å². The molecule has 0 saturated carbocycles. The van der Waals surface area contributed by atoms with Crippen molar-refractivity contribution in [3.63, 3.8) is 0 Å². The fourth-order valence-corrected chi connectivity index (χ4v) is 1.09. The number of benzene rings is 1. The molecule has 0 radical (unpaired) electrons. The molecule has 0 spiro atoms. The quantitative estimate of drug-likeness (QED) is 0.876. The van der Waals surface area contributed by atoms with E-state index < -0.39 is 12.2 Å². The molecule has 0 heterocycles. The van der Waals surface area contributed by atoms with Crippen molar-refractivity contribution in [3.8, 4) is 6.07 Å². The van der Waals surface area contributed by atoms with Crippen LogP contribution < -0.4 is 5.73 Å². The van der Waals surface area contributed by atoms with Crippen LogP contribution in [0.4, 0.5) is 13.2 Å². The molecule has 0 amide bonds. The largest absolute Gasteiger partial charge is 0.403 e. The fourth-order valence-electron chi connectivity index (χ4n) is 1.09. The Hall–Kier alpha value is -1.25. The minimum Gasteiger partial charge on any atom is -0.320 e. The Kier molecular flexibility index (Phi) is 5.28.